The van der Waals surface area contributed by atoms with Gasteiger partial charge in [-0.25, -0.2) is 0 Å². The van der Waals surface area contributed by atoms with Crippen LogP contribution in [0.4, 0.5) is 0 Å². The summed E-state index contributed by atoms with van der Waals surface area (Å²) in [6.07, 6.45) is 1.36. The fourth-order valence-electron chi connectivity index (χ4n) is 2.16. The highest BCUT2D eigenvalue weighted by molar-refractivity contribution is 5.46. The molecule has 1 aromatic carbocycles. The molecule has 1 saturated heterocycles. The number of hydrogen-bond donors (Lipinski definition) is 1. The van der Waals surface area contributed by atoms with Crippen LogP contribution in [0.25, 0.3) is 0 Å². The number of nitrogens with zero attached hydrogens (tertiary/aromatic N) is 1. The van der Waals surface area contributed by atoms with Gasteiger partial charge in [0, 0.05) is 13.2 Å². The Morgan fingerprint density at radius 2 is 2.12 bits per heavy atom. The van der Waals surface area contributed by atoms with Crippen molar-refractivity contribution >= 4 is 0 Å². The Morgan fingerprint density at radius 1 is 1.41 bits per heavy atom. The van der Waals surface area contributed by atoms with Crippen LogP contribution in [-0.2, 0) is 10.2 Å². The second kappa shape index (κ2) is 4.64. The average molecular weight is 233 g/mol. The molecule has 1 aliphatic rings. The second-order valence-corrected chi connectivity index (χ2v) is 4.19. The molecule has 0 aromatic heterocycles. The largest absolute Gasteiger partial charge is 0.504 e. The number of phenolic OH excluding ortho intramolecular Hbond substituents is 1. The van der Waals surface area contributed by atoms with Crippen molar-refractivity contribution in [2.24, 2.45) is 0 Å². The van der Waals surface area contributed by atoms with Crippen LogP contribution >= 0.6 is 0 Å². The van der Waals surface area contributed by atoms with Crippen LogP contribution < -0.4 is 4.74 Å². The van der Waals surface area contributed by atoms with Crippen molar-refractivity contribution in [3.8, 4) is 17.6 Å². The van der Waals surface area contributed by atoms with Gasteiger partial charge in [-0.05, 0) is 30.5 Å². The molecule has 0 amide bonds. The molecule has 0 saturated carbocycles. The predicted molar refractivity (Wildman–Crippen MR) is 62.0 cm³/mol. The molecule has 1 aromatic rings. The van der Waals surface area contributed by atoms with E-state index in [1.165, 1.54) is 7.11 Å². The monoisotopic (exact) mass is 233 g/mol. The molecule has 0 aliphatic carbocycles. The number of nitriles is 1. The van der Waals surface area contributed by atoms with Crippen molar-refractivity contribution in [2.45, 2.75) is 18.3 Å². The maximum absolute atomic E-state index is 9.56. The summed E-state index contributed by atoms with van der Waals surface area (Å²) in [7, 11) is 1.50. The molecular weight excluding hydrogens is 218 g/mol. The number of hydrogen-bond acceptors (Lipinski definition) is 4. The molecule has 90 valence electrons. The highest BCUT2D eigenvalue weighted by atomic mass is 16.5. The Labute approximate surface area is 100 Å². The van der Waals surface area contributed by atoms with Crippen LogP contribution in [0, 0.1) is 11.3 Å². The molecule has 0 spiro atoms. The van der Waals surface area contributed by atoms with Gasteiger partial charge in [0.15, 0.2) is 11.5 Å². The molecule has 0 atom stereocenters. The molecule has 1 fully saturated rings. The lowest BCUT2D eigenvalue weighted by molar-refractivity contribution is 0.0674. The van der Waals surface area contributed by atoms with E-state index in [-0.39, 0.29) is 5.75 Å². The van der Waals surface area contributed by atoms with E-state index in [0.717, 1.165) is 5.56 Å². The van der Waals surface area contributed by atoms with Gasteiger partial charge in [0.05, 0.1) is 18.6 Å². The SMILES string of the molecule is COc1cc(C2(C#N)CCOCC2)ccc1O. The maximum atomic E-state index is 9.56. The van der Waals surface area contributed by atoms with Crippen molar-refractivity contribution in [3.05, 3.63) is 23.8 Å². The number of phenols is 1. The summed E-state index contributed by atoms with van der Waals surface area (Å²) in [6, 6.07) is 7.48. The minimum absolute atomic E-state index is 0.0939. The fraction of sp³-hybridized carbons (Fsp3) is 0.462. The molecule has 1 heterocycles. The topological polar surface area (TPSA) is 62.5 Å². The summed E-state index contributed by atoms with van der Waals surface area (Å²) < 4.78 is 10.4. The van der Waals surface area contributed by atoms with E-state index in [1.807, 2.05) is 0 Å². The first-order valence-corrected chi connectivity index (χ1v) is 5.58. The fourth-order valence-corrected chi connectivity index (χ4v) is 2.16. The van der Waals surface area contributed by atoms with Gasteiger partial charge in [0.1, 0.15) is 0 Å². The Bertz CT molecular complexity index is 444. The molecule has 0 radical (unpaired) electrons. The lowest BCUT2D eigenvalue weighted by Gasteiger charge is -2.31. The lowest BCUT2D eigenvalue weighted by Crippen LogP contribution is -2.32. The molecule has 2 rings (SSSR count). The first-order chi connectivity index (χ1) is 8.22. The Balaban J connectivity index is 2.40. The van der Waals surface area contributed by atoms with Crippen LogP contribution in [0.5, 0.6) is 11.5 Å². The summed E-state index contributed by atoms with van der Waals surface area (Å²) in [5.41, 5.74) is 0.372. The molecule has 1 N–H and O–H groups in total. The summed E-state index contributed by atoms with van der Waals surface area (Å²) in [5, 5.41) is 19.0. The van der Waals surface area contributed by atoms with Gasteiger partial charge in [-0.3, -0.25) is 0 Å². The molecule has 4 nitrogen and oxygen atoms in total. The number of benzene rings is 1. The zero-order valence-electron chi connectivity index (χ0n) is 9.77. The van der Waals surface area contributed by atoms with Gasteiger partial charge in [0.2, 0.25) is 0 Å². The normalized spacial score (nSPS) is 18.4. The van der Waals surface area contributed by atoms with Crippen LogP contribution in [-0.4, -0.2) is 25.4 Å². The molecule has 4 heteroatoms. The van der Waals surface area contributed by atoms with Crippen molar-refractivity contribution < 1.29 is 14.6 Å². The van der Waals surface area contributed by atoms with E-state index in [2.05, 4.69) is 6.07 Å². The Hall–Kier alpha value is -1.73. The third-order valence-electron chi connectivity index (χ3n) is 3.29. The summed E-state index contributed by atoms with van der Waals surface area (Å²) >= 11 is 0. The van der Waals surface area contributed by atoms with Crippen molar-refractivity contribution in [3.63, 3.8) is 0 Å². The van der Waals surface area contributed by atoms with E-state index in [4.69, 9.17) is 9.47 Å². The predicted octanol–water partition coefficient (Wildman–Crippen LogP) is 1.97. The molecule has 0 bridgehead atoms. The van der Waals surface area contributed by atoms with Gasteiger partial charge in [-0.1, -0.05) is 6.07 Å². The highest BCUT2D eigenvalue weighted by Gasteiger charge is 2.35. The van der Waals surface area contributed by atoms with E-state index >= 15 is 0 Å². The minimum atomic E-state index is -0.515. The van der Waals surface area contributed by atoms with E-state index in [0.29, 0.717) is 31.8 Å². The number of rotatable bonds is 2. The summed E-state index contributed by atoms with van der Waals surface area (Å²) in [5.74, 6) is 0.500. The van der Waals surface area contributed by atoms with Crippen molar-refractivity contribution in [1.29, 1.82) is 5.26 Å². The number of ether oxygens (including phenoxy) is 2. The zero-order chi connectivity index (χ0) is 12.3. The summed E-state index contributed by atoms with van der Waals surface area (Å²) in [4.78, 5) is 0. The first-order valence-electron chi connectivity index (χ1n) is 5.58. The second-order valence-electron chi connectivity index (χ2n) is 4.19. The lowest BCUT2D eigenvalue weighted by atomic mass is 9.75. The van der Waals surface area contributed by atoms with E-state index in [9.17, 15) is 10.4 Å². The molecule has 1 aliphatic heterocycles. The summed E-state index contributed by atoms with van der Waals surface area (Å²) in [6.45, 7) is 1.19. The number of methoxy groups -OCH3 is 1. The van der Waals surface area contributed by atoms with Crippen LogP contribution in [0.3, 0.4) is 0 Å². The Kier molecular flexibility index (Phi) is 3.21. The third kappa shape index (κ3) is 2.06. The van der Waals surface area contributed by atoms with E-state index in [1.54, 1.807) is 18.2 Å². The van der Waals surface area contributed by atoms with Crippen LogP contribution in [0.1, 0.15) is 18.4 Å². The number of aromatic hydroxyl groups is 1. The van der Waals surface area contributed by atoms with Crippen LogP contribution in [0.15, 0.2) is 18.2 Å². The van der Waals surface area contributed by atoms with Crippen molar-refractivity contribution in [2.75, 3.05) is 20.3 Å². The maximum Gasteiger partial charge on any atom is 0.160 e. The standard InChI is InChI=1S/C13H15NO3/c1-16-12-8-10(2-3-11(12)15)13(9-14)4-6-17-7-5-13/h2-3,8,15H,4-7H2,1H3. The van der Waals surface area contributed by atoms with Gasteiger partial charge in [-0.2, -0.15) is 5.26 Å². The molecule has 17 heavy (non-hydrogen) atoms. The van der Waals surface area contributed by atoms with Gasteiger partial charge in [-0.15, -0.1) is 0 Å². The van der Waals surface area contributed by atoms with E-state index < -0.39 is 5.41 Å². The van der Waals surface area contributed by atoms with Crippen LogP contribution in [0.2, 0.25) is 0 Å². The van der Waals surface area contributed by atoms with Crippen molar-refractivity contribution in [1.82, 2.24) is 0 Å². The third-order valence-corrected chi connectivity index (χ3v) is 3.29. The van der Waals surface area contributed by atoms with Gasteiger partial charge in [0.25, 0.3) is 0 Å². The van der Waals surface area contributed by atoms with Gasteiger partial charge >= 0.3 is 0 Å². The van der Waals surface area contributed by atoms with Gasteiger partial charge < -0.3 is 14.6 Å². The quantitative estimate of drug-likeness (QED) is 0.848. The highest BCUT2D eigenvalue weighted by Crippen LogP contribution is 2.38. The smallest absolute Gasteiger partial charge is 0.160 e. The first kappa shape index (κ1) is 11.7. The molecule has 0 unspecified atom stereocenters. The minimum Gasteiger partial charge on any atom is -0.504 e. The molecular formula is C13H15NO3. The zero-order valence-corrected chi connectivity index (χ0v) is 9.77. The average Bonchev–Trinajstić information content (AvgIpc) is 2.40. The Morgan fingerprint density at radius 3 is 2.71 bits per heavy atom.